The molecule has 0 spiro atoms. The highest BCUT2D eigenvalue weighted by atomic mass is 16.5. The Morgan fingerprint density at radius 1 is 0.737 bits per heavy atom. The number of ketones is 1. The third kappa shape index (κ3) is 6.50. The SMILES string of the molecule is CCC(=O)c1cccc(NC(=O)Nc2ccc(OC)c(OC)c2)c1Oc1ccc(Cc2ccccc2)cc1. The average Bonchev–Trinajstić information content (AvgIpc) is 2.95. The molecule has 0 unspecified atom stereocenters. The molecular formula is C31H30N2O5. The van der Waals surface area contributed by atoms with Crippen molar-refractivity contribution in [1.82, 2.24) is 0 Å². The Bertz CT molecular complexity index is 1400. The second-order valence-electron chi connectivity index (χ2n) is 8.52. The molecule has 0 bridgehead atoms. The summed E-state index contributed by atoms with van der Waals surface area (Å²) in [7, 11) is 3.07. The van der Waals surface area contributed by atoms with Gasteiger partial charge >= 0.3 is 6.03 Å². The molecule has 0 aliphatic rings. The quantitative estimate of drug-likeness (QED) is 0.218. The number of carbonyl (C=O) groups is 2. The van der Waals surface area contributed by atoms with Crippen molar-refractivity contribution in [3.8, 4) is 23.0 Å². The summed E-state index contributed by atoms with van der Waals surface area (Å²) in [5.74, 6) is 1.79. The number of anilines is 2. The lowest BCUT2D eigenvalue weighted by molar-refractivity contribution is 0.0986. The van der Waals surface area contributed by atoms with E-state index in [1.165, 1.54) is 12.7 Å². The summed E-state index contributed by atoms with van der Waals surface area (Å²) in [5.41, 5.74) is 3.62. The van der Waals surface area contributed by atoms with E-state index >= 15 is 0 Å². The highest BCUT2D eigenvalue weighted by Gasteiger charge is 2.18. The number of urea groups is 1. The Kier molecular flexibility index (Phi) is 8.61. The predicted molar refractivity (Wildman–Crippen MR) is 149 cm³/mol. The van der Waals surface area contributed by atoms with Crippen molar-refractivity contribution in [1.29, 1.82) is 0 Å². The summed E-state index contributed by atoms with van der Waals surface area (Å²) in [6.07, 6.45) is 1.10. The van der Waals surface area contributed by atoms with Gasteiger partial charge in [-0.1, -0.05) is 55.5 Å². The van der Waals surface area contributed by atoms with Gasteiger partial charge in [-0.25, -0.2) is 4.79 Å². The first-order valence-corrected chi connectivity index (χ1v) is 12.3. The smallest absolute Gasteiger partial charge is 0.323 e. The molecule has 4 aromatic rings. The van der Waals surface area contributed by atoms with Crippen molar-refractivity contribution in [2.24, 2.45) is 0 Å². The lowest BCUT2D eigenvalue weighted by Gasteiger charge is -2.17. The Balaban J connectivity index is 1.54. The summed E-state index contributed by atoms with van der Waals surface area (Å²) in [4.78, 5) is 25.6. The molecule has 7 heteroatoms. The minimum absolute atomic E-state index is 0.0929. The minimum atomic E-state index is -0.499. The van der Waals surface area contributed by atoms with Gasteiger partial charge in [0.25, 0.3) is 0 Å². The number of ether oxygens (including phenoxy) is 3. The van der Waals surface area contributed by atoms with Crippen molar-refractivity contribution in [2.45, 2.75) is 19.8 Å². The lowest BCUT2D eigenvalue weighted by atomic mass is 10.0. The maximum Gasteiger partial charge on any atom is 0.323 e. The molecule has 0 aromatic heterocycles. The molecule has 0 radical (unpaired) electrons. The molecule has 0 heterocycles. The number of benzene rings is 4. The molecule has 0 saturated carbocycles. The number of hydrogen-bond donors (Lipinski definition) is 2. The number of Topliss-reactive ketones (excluding diaryl/α,β-unsaturated/α-hetero) is 1. The van der Waals surface area contributed by atoms with Crippen LogP contribution in [-0.2, 0) is 6.42 Å². The minimum Gasteiger partial charge on any atom is -0.493 e. The largest absolute Gasteiger partial charge is 0.493 e. The second kappa shape index (κ2) is 12.5. The molecule has 0 aliphatic carbocycles. The van der Waals surface area contributed by atoms with Gasteiger partial charge in [0, 0.05) is 18.2 Å². The number of para-hydroxylation sites is 1. The van der Waals surface area contributed by atoms with Crippen molar-refractivity contribution < 1.29 is 23.8 Å². The molecule has 2 N–H and O–H groups in total. The van der Waals surface area contributed by atoms with Crippen LogP contribution >= 0.6 is 0 Å². The van der Waals surface area contributed by atoms with Crippen LogP contribution in [0, 0.1) is 0 Å². The van der Waals surface area contributed by atoms with Gasteiger partial charge in [-0.15, -0.1) is 0 Å². The summed E-state index contributed by atoms with van der Waals surface area (Å²) in [6.45, 7) is 1.79. The maximum absolute atomic E-state index is 12.9. The average molecular weight is 511 g/mol. The topological polar surface area (TPSA) is 85.9 Å². The number of rotatable bonds is 10. The number of amides is 2. The van der Waals surface area contributed by atoms with Crippen LogP contribution in [0.5, 0.6) is 23.0 Å². The van der Waals surface area contributed by atoms with Crippen molar-refractivity contribution in [2.75, 3.05) is 24.9 Å². The Morgan fingerprint density at radius 3 is 2.13 bits per heavy atom. The fourth-order valence-electron chi connectivity index (χ4n) is 3.98. The number of methoxy groups -OCH3 is 2. The standard InChI is InChI=1S/C31H30N2O5/c1-4-27(34)25-11-8-12-26(33-31(35)32-23-15-18-28(36-2)29(20-23)37-3)30(25)38-24-16-13-22(14-17-24)19-21-9-6-5-7-10-21/h5-18,20H,4,19H2,1-3H3,(H2,32,33,35). The first kappa shape index (κ1) is 26.3. The summed E-state index contributed by atoms with van der Waals surface area (Å²) < 4.78 is 16.7. The van der Waals surface area contributed by atoms with Gasteiger partial charge in [-0.3, -0.25) is 4.79 Å². The van der Waals surface area contributed by atoms with Crippen LogP contribution in [-0.4, -0.2) is 26.0 Å². The van der Waals surface area contributed by atoms with E-state index in [0.29, 0.717) is 40.6 Å². The zero-order valence-corrected chi connectivity index (χ0v) is 21.6. The van der Waals surface area contributed by atoms with Crippen LogP contribution in [0.4, 0.5) is 16.2 Å². The molecular weight excluding hydrogens is 480 g/mol. The number of carbonyl (C=O) groups excluding carboxylic acids is 2. The van der Waals surface area contributed by atoms with Crippen LogP contribution in [0.3, 0.4) is 0 Å². The summed E-state index contributed by atoms with van der Waals surface area (Å²) >= 11 is 0. The van der Waals surface area contributed by atoms with E-state index in [0.717, 1.165) is 12.0 Å². The predicted octanol–water partition coefficient (Wildman–Crippen LogP) is 7.32. The highest BCUT2D eigenvalue weighted by Crippen LogP contribution is 2.35. The van der Waals surface area contributed by atoms with Crippen LogP contribution in [0.15, 0.2) is 91.0 Å². The Morgan fingerprint density at radius 2 is 1.45 bits per heavy atom. The van der Waals surface area contributed by atoms with Crippen LogP contribution in [0.1, 0.15) is 34.8 Å². The van der Waals surface area contributed by atoms with Crippen LogP contribution in [0.2, 0.25) is 0 Å². The fourth-order valence-corrected chi connectivity index (χ4v) is 3.98. The van der Waals surface area contributed by atoms with E-state index in [-0.39, 0.29) is 11.5 Å². The first-order valence-electron chi connectivity index (χ1n) is 12.3. The maximum atomic E-state index is 12.9. The van der Waals surface area contributed by atoms with Crippen molar-refractivity contribution in [3.05, 3.63) is 108 Å². The van der Waals surface area contributed by atoms with Gasteiger partial charge in [0.15, 0.2) is 23.0 Å². The monoisotopic (exact) mass is 510 g/mol. The third-order valence-corrected chi connectivity index (χ3v) is 5.92. The molecule has 0 saturated heterocycles. The van der Waals surface area contributed by atoms with Gasteiger partial charge in [-0.05, 0) is 53.9 Å². The van der Waals surface area contributed by atoms with Crippen LogP contribution in [0.25, 0.3) is 0 Å². The zero-order valence-electron chi connectivity index (χ0n) is 21.6. The van der Waals surface area contributed by atoms with Gasteiger partial charge in [0.2, 0.25) is 0 Å². The molecule has 38 heavy (non-hydrogen) atoms. The van der Waals surface area contributed by atoms with Crippen LogP contribution < -0.4 is 24.8 Å². The zero-order chi connectivity index (χ0) is 26.9. The lowest BCUT2D eigenvalue weighted by Crippen LogP contribution is -2.20. The first-order chi connectivity index (χ1) is 18.5. The molecule has 4 rings (SSSR count). The van der Waals surface area contributed by atoms with Gasteiger partial charge in [-0.2, -0.15) is 0 Å². The molecule has 194 valence electrons. The fraction of sp³-hybridized carbons (Fsp3) is 0.161. The van der Waals surface area contributed by atoms with Crippen molar-refractivity contribution >= 4 is 23.2 Å². The van der Waals surface area contributed by atoms with E-state index < -0.39 is 6.03 Å². The Hall–Kier alpha value is -4.78. The normalized spacial score (nSPS) is 10.4. The van der Waals surface area contributed by atoms with E-state index in [2.05, 4.69) is 22.8 Å². The van der Waals surface area contributed by atoms with E-state index in [4.69, 9.17) is 14.2 Å². The van der Waals surface area contributed by atoms with E-state index in [1.54, 1.807) is 50.4 Å². The third-order valence-electron chi connectivity index (χ3n) is 5.92. The number of nitrogens with one attached hydrogen (secondary N) is 2. The van der Waals surface area contributed by atoms with Gasteiger partial charge in [0.05, 0.1) is 25.5 Å². The molecule has 0 fully saturated rings. The van der Waals surface area contributed by atoms with E-state index in [9.17, 15) is 9.59 Å². The second-order valence-corrected chi connectivity index (χ2v) is 8.52. The highest BCUT2D eigenvalue weighted by molar-refractivity contribution is 6.05. The summed E-state index contributed by atoms with van der Waals surface area (Å²) in [6, 6.07) is 27.6. The van der Waals surface area contributed by atoms with Crippen molar-refractivity contribution in [3.63, 3.8) is 0 Å². The summed E-state index contributed by atoms with van der Waals surface area (Å²) in [5, 5.41) is 5.58. The molecule has 0 atom stereocenters. The molecule has 0 aliphatic heterocycles. The Labute approximate surface area is 222 Å². The number of hydrogen-bond acceptors (Lipinski definition) is 5. The van der Waals surface area contributed by atoms with E-state index in [1.807, 2.05) is 42.5 Å². The molecule has 4 aromatic carbocycles. The molecule has 2 amide bonds. The van der Waals surface area contributed by atoms with Gasteiger partial charge in [0.1, 0.15) is 5.75 Å². The van der Waals surface area contributed by atoms with Gasteiger partial charge < -0.3 is 24.8 Å². The molecule has 7 nitrogen and oxygen atoms in total.